The van der Waals surface area contributed by atoms with Gasteiger partial charge < -0.3 is 18.9 Å². The molecule has 136 valence electrons. The smallest absolute Gasteiger partial charge is 0.158 e. The minimum atomic E-state index is -0.0657. The zero-order chi connectivity index (χ0) is 16.9. The van der Waals surface area contributed by atoms with E-state index >= 15 is 0 Å². The van der Waals surface area contributed by atoms with Crippen LogP contribution in [-0.4, -0.2) is 38.5 Å². The molecule has 4 nitrogen and oxygen atoms in total. The van der Waals surface area contributed by atoms with Gasteiger partial charge in [0.2, 0.25) is 0 Å². The summed E-state index contributed by atoms with van der Waals surface area (Å²) in [6.07, 6.45) is 19.9. The Labute approximate surface area is 146 Å². The third-order valence-corrected chi connectivity index (χ3v) is 4.11. The lowest BCUT2D eigenvalue weighted by Crippen LogP contribution is -2.26. The Morgan fingerprint density at radius 1 is 0.917 bits per heavy atom. The summed E-state index contributed by atoms with van der Waals surface area (Å²) in [7, 11) is 0. The van der Waals surface area contributed by atoms with Crippen molar-refractivity contribution in [1.82, 2.24) is 0 Å². The van der Waals surface area contributed by atoms with E-state index in [4.69, 9.17) is 18.9 Å². The average Bonchev–Trinajstić information content (AvgIpc) is 2.63. The Bertz CT molecular complexity index is 390. The van der Waals surface area contributed by atoms with Crippen LogP contribution in [0.3, 0.4) is 0 Å². The van der Waals surface area contributed by atoms with Crippen LogP contribution in [0.5, 0.6) is 0 Å². The van der Waals surface area contributed by atoms with Crippen molar-refractivity contribution < 1.29 is 18.9 Å². The second kappa shape index (κ2) is 12.4. The summed E-state index contributed by atoms with van der Waals surface area (Å²) in [6.45, 7) is 4.26. The molecule has 0 spiro atoms. The van der Waals surface area contributed by atoms with E-state index in [-0.39, 0.29) is 18.7 Å². The average molecular weight is 336 g/mol. The minimum Gasteiger partial charge on any atom is -0.353 e. The van der Waals surface area contributed by atoms with Crippen molar-refractivity contribution in [2.75, 3.05) is 19.8 Å². The zero-order valence-electron chi connectivity index (χ0n) is 14.9. The molecule has 4 heteroatoms. The predicted octanol–water partition coefficient (Wildman–Crippen LogP) is 4.52. The molecule has 0 aromatic carbocycles. The maximum Gasteiger partial charge on any atom is 0.158 e. The molecule has 2 aliphatic rings. The molecule has 0 bridgehead atoms. The highest BCUT2D eigenvalue weighted by Crippen LogP contribution is 2.16. The summed E-state index contributed by atoms with van der Waals surface area (Å²) >= 11 is 0. The molecule has 0 saturated carbocycles. The summed E-state index contributed by atoms with van der Waals surface area (Å²) in [5.41, 5.74) is 0. The molecule has 0 aromatic heterocycles. The van der Waals surface area contributed by atoms with Crippen LogP contribution >= 0.6 is 0 Å². The first-order chi connectivity index (χ1) is 11.9. The van der Waals surface area contributed by atoms with E-state index in [1.165, 1.54) is 12.8 Å². The Balaban J connectivity index is 1.61. The number of hydrogen-bond donors (Lipinski definition) is 0. The highest BCUT2D eigenvalue weighted by atomic mass is 16.7. The maximum absolute atomic E-state index is 5.98. The van der Waals surface area contributed by atoms with Gasteiger partial charge in [-0.2, -0.15) is 0 Å². The van der Waals surface area contributed by atoms with Crippen LogP contribution in [0, 0.1) is 0 Å². The van der Waals surface area contributed by atoms with E-state index in [1.54, 1.807) is 0 Å². The second-order valence-corrected chi connectivity index (χ2v) is 6.19. The lowest BCUT2D eigenvalue weighted by molar-refractivity contribution is -0.169. The van der Waals surface area contributed by atoms with Gasteiger partial charge in [-0.1, -0.05) is 36.5 Å². The monoisotopic (exact) mass is 336 g/mol. The van der Waals surface area contributed by atoms with E-state index in [0.717, 1.165) is 45.3 Å². The molecule has 2 fully saturated rings. The van der Waals surface area contributed by atoms with Crippen molar-refractivity contribution in [1.29, 1.82) is 0 Å². The van der Waals surface area contributed by atoms with Gasteiger partial charge in [0.1, 0.15) is 0 Å². The van der Waals surface area contributed by atoms with Crippen molar-refractivity contribution in [2.45, 2.75) is 70.6 Å². The van der Waals surface area contributed by atoms with Gasteiger partial charge in [-0.05, 0) is 51.9 Å². The number of ether oxygens (including phenoxy) is 4. The molecule has 0 N–H and O–H groups in total. The Morgan fingerprint density at radius 3 is 2.33 bits per heavy atom. The predicted molar refractivity (Wildman–Crippen MR) is 95.7 cm³/mol. The highest BCUT2D eigenvalue weighted by Gasteiger charge is 2.16. The molecule has 0 aliphatic carbocycles. The Kier molecular flexibility index (Phi) is 10.0. The fourth-order valence-electron chi connectivity index (χ4n) is 2.80. The Hall–Kier alpha value is -0.940. The van der Waals surface area contributed by atoms with Crippen LogP contribution < -0.4 is 0 Å². The van der Waals surface area contributed by atoms with Gasteiger partial charge in [0.25, 0.3) is 0 Å². The molecule has 0 amide bonds. The van der Waals surface area contributed by atoms with Crippen LogP contribution in [0.15, 0.2) is 36.5 Å². The third kappa shape index (κ3) is 8.25. The minimum absolute atomic E-state index is 0.0121. The molecule has 2 aliphatic heterocycles. The molecular weight excluding hydrogens is 304 g/mol. The molecule has 3 atom stereocenters. The van der Waals surface area contributed by atoms with E-state index < -0.39 is 0 Å². The first-order valence-corrected chi connectivity index (χ1v) is 9.33. The first kappa shape index (κ1) is 19.4. The van der Waals surface area contributed by atoms with Gasteiger partial charge in [0, 0.05) is 13.2 Å². The second-order valence-electron chi connectivity index (χ2n) is 6.19. The van der Waals surface area contributed by atoms with Crippen LogP contribution in [0.2, 0.25) is 0 Å². The summed E-state index contributed by atoms with van der Waals surface area (Å²) in [4.78, 5) is 0. The summed E-state index contributed by atoms with van der Waals surface area (Å²) < 4.78 is 22.8. The molecule has 2 rings (SSSR count). The summed E-state index contributed by atoms with van der Waals surface area (Å²) in [5.74, 6) is 0. The molecule has 2 heterocycles. The highest BCUT2D eigenvalue weighted by molar-refractivity contribution is 5.04. The fraction of sp³-hybridized carbons (Fsp3) is 0.700. The molecule has 0 radical (unpaired) electrons. The zero-order valence-corrected chi connectivity index (χ0v) is 14.9. The van der Waals surface area contributed by atoms with Crippen molar-refractivity contribution in [3.8, 4) is 0 Å². The van der Waals surface area contributed by atoms with E-state index in [2.05, 4.69) is 30.4 Å². The quantitative estimate of drug-likeness (QED) is 0.580. The third-order valence-electron chi connectivity index (χ3n) is 4.11. The van der Waals surface area contributed by atoms with E-state index in [1.807, 2.05) is 13.0 Å². The largest absolute Gasteiger partial charge is 0.353 e. The maximum atomic E-state index is 5.98. The van der Waals surface area contributed by atoms with Gasteiger partial charge in [-0.25, -0.2) is 0 Å². The van der Waals surface area contributed by atoms with Crippen molar-refractivity contribution >= 4 is 0 Å². The molecule has 24 heavy (non-hydrogen) atoms. The van der Waals surface area contributed by atoms with Crippen LogP contribution in [-0.2, 0) is 18.9 Å². The van der Waals surface area contributed by atoms with E-state index in [0.29, 0.717) is 6.61 Å². The van der Waals surface area contributed by atoms with Gasteiger partial charge in [0.15, 0.2) is 12.6 Å². The topological polar surface area (TPSA) is 36.9 Å². The number of rotatable bonds is 9. The van der Waals surface area contributed by atoms with Crippen molar-refractivity contribution in [2.24, 2.45) is 0 Å². The summed E-state index contributed by atoms with van der Waals surface area (Å²) in [5, 5.41) is 0. The van der Waals surface area contributed by atoms with Gasteiger partial charge in [-0.15, -0.1) is 0 Å². The van der Waals surface area contributed by atoms with E-state index in [9.17, 15) is 0 Å². The summed E-state index contributed by atoms with van der Waals surface area (Å²) in [6, 6.07) is 0. The van der Waals surface area contributed by atoms with Crippen LogP contribution in [0.4, 0.5) is 0 Å². The van der Waals surface area contributed by atoms with Gasteiger partial charge >= 0.3 is 0 Å². The normalized spacial score (nSPS) is 27.4. The van der Waals surface area contributed by atoms with Crippen LogP contribution in [0.25, 0.3) is 0 Å². The number of hydrogen-bond acceptors (Lipinski definition) is 4. The molecule has 3 unspecified atom stereocenters. The van der Waals surface area contributed by atoms with Crippen molar-refractivity contribution in [3.63, 3.8) is 0 Å². The van der Waals surface area contributed by atoms with Gasteiger partial charge in [0.05, 0.1) is 12.7 Å². The molecule has 2 saturated heterocycles. The lowest BCUT2D eigenvalue weighted by Gasteiger charge is -2.25. The molecular formula is C20H32O4. The Morgan fingerprint density at radius 2 is 1.67 bits per heavy atom. The lowest BCUT2D eigenvalue weighted by atomic mass is 10.2. The SMILES string of the molecule is CC=CC(C=CCC=CCOC1CCCCO1)OC1CCCCO1. The molecule has 0 aromatic rings. The van der Waals surface area contributed by atoms with Crippen LogP contribution in [0.1, 0.15) is 51.9 Å². The fourth-order valence-corrected chi connectivity index (χ4v) is 2.80. The number of allylic oxidation sites excluding steroid dienone is 3. The first-order valence-electron chi connectivity index (χ1n) is 9.33. The van der Waals surface area contributed by atoms with Crippen molar-refractivity contribution in [3.05, 3.63) is 36.5 Å². The standard InChI is InChI=1S/C20H32O4/c1-2-11-18(24-20-14-7-10-17-23-20)12-5-3-4-8-15-21-19-13-6-9-16-22-19/h2,4-5,8,11-12,18-20H,3,6-7,9-10,13-17H2,1H3. The van der Waals surface area contributed by atoms with Gasteiger partial charge in [-0.3, -0.25) is 0 Å².